The minimum absolute atomic E-state index is 0.0712. The van der Waals surface area contributed by atoms with Gasteiger partial charge in [0.05, 0.1) is 12.7 Å². The number of aliphatic hydroxyl groups is 2. The topological polar surface area (TPSA) is 40.5 Å². The Balaban J connectivity index is 3.46. The van der Waals surface area contributed by atoms with Gasteiger partial charge in [0.25, 0.3) is 0 Å². The highest BCUT2D eigenvalue weighted by molar-refractivity contribution is 5.11. The summed E-state index contributed by atoms with van der Waals surface area (Å²) < 4.78 is 0. The van der Waals surface area contributed by atoms with Crippen molar-refractivity contribution in [2.24, 2.45) is 0 Å². The molecule has 0 fully saturated rings. The van der Waals surface area contributed by atoms with Crippen LogP contribution in [0.3, 0.4) is 0 Å². The Labute approximate surface area is 73.5 Å². The second-order valence-corrected chi connectivity index (χ2v) is 2.51. The van der Waals surface area contributed by atoms with Crippen LogP contribution in [-0.2, 0) is 0 Å². The first kappa shape index (κ1) is 11.1. The summed E-state index contributed by atoms with van der Waals surface area (Å²) in [5.41, 5.74) is 0. The molecule has 1 atom stereocenters. The molecule has 0 rings (SSSR count). The van der Waals surface area contributed by atoms with Crippen LogP contribution in [0.1, 0.15) is 13.3 Å². The van der Waals surface area contributed by atoms with Crippen LogP contribution in [-0.4, -0.2) is 22.9 Å². The Hall–Kier alpha value is -0.860. The maximum Gasteiger partial charge on any atom is 0.0615 e. The van der Waals surface area contributed by atoms with Gasteiger partial charge in [0, 0.05) is 0 Å². The van der Waals surface area contributed by atoms with E-state index in [9.17, 15) is 0 Å². The molecular formula is C10H16O2. The SMILES string of the molecule is CC(O)C/C=C/C=C/C=C/CO. The molecule has 0 aromatic heterocycles. The van der Waals surface area contributed by atoms with E-state index in [2.05, 4.69) is 0 Å². The fourth-order valence-corrected chi connectivity index (χ4v) is 0.622. The third-order valence-electron chi connectivity index (χ3n) is 1.19. The van der Waals surface area contributed by atoms with Gasteiger partial charge in [-0.25, -0.2) is 0 Å². The van der Waals surface area contributed by atoms with Crippen LogP contribution < -0.4 is 0 Å². The van der Waals surface area contributed by atoms with Crippen LogP contribution in [0.25, 0.3) is 0 Å². The van der Waals surface area contributed by atoms with Crippen LogP contribution in [0.5, 0.6) is 0 Å². The molecule has 0 saturated carbocycles. The molecule has 0 heterocycles. The van der Waals surface area contributed by atoms with E-state index in [0.29, 0.717) is 6.42 Å². The fourth-order valence-electron chi connectivity index (χ4n) is 0.622. The van der Waals surface area contributed by atoms with E-state index in [0.717, 1.165) is 0 Å². The molecule has 0 spiro atoms. The molecule has 2 N–H and O–H groups in total. The fraction of sp³-hybridized carbons (Fsp3) is 0.400. The van der Waals surface area contributed by atoms with Crippen LogP contribution in [0.2, 0.25) is 0 Å². The van der Waals surface area contributed by atoms with Crippen molar-refractivity contribution in [3.63, 3.8) is 0 Å². The lowest BCUT2D eigenvalue weighted by atomic mass is 10.2. The Morgan fingerprint density at radius 1 is 1.08 bits per heavy atom. The highest BCUT2D eigenvalue weighted by Gasteiger charge is 1.86. The minimum Gasteiger partial charge on any atom is -0.393 e. The van der Waals surface area contributed by atoms with E-state index < -0.39 is 0 Å². The molecule has 0 aliphatic rings. The van der Waals surface area contributed by atoms with E-state index >= 15 is 0 Å². The van der Waals surface area contributed by atoms with Gasteiger partial charge < -0.3 is 10.2 Å². The second kappa shape index (κ2) is 8.24. The summed E-state index contributed by atoms with van der Waals surface area (Å²) in [7, 11) is 0. The highest BCUT2D eigenvalue weighted by atomic mass is 16.3. The largest absolute Gasteiger partial charge is 0.393 e. The molecule has 2 heteroatoms. The molecule has 0 aliphatic carbocycles. The zero-order valence-corrected chi connectivity index (χ0v) is 7.35. The number of allylic oxidation sites excluding steroid dienone is 4. The van der Waals surface area contributed by atoms with Gasteiger partial charge in [0.15, 0.2) is 0 Å². The smallest absolute Gasteiger partial charge is 0.0615 e. The average molecular weight is 168 g/mol. The van der Waals surface area contributed by atoms with Crippen LogP contribution in [0, 0.1) is 0 Å². The lowest BCUT2D eigenvalue weighted by molar-refractivity contribution is 0.198. The normalized spacial score (nSPS) is 15.2. The third kappa shape index (κ3) is 9.14. The molecule has 0 amide bonds. The van der Waals surface area contributed by atoms with Gasteiger partial charge >= 0.3 is 0 Å². The maximum absolute atomic E-state index is 8.87. The van der Waals surface area contributed by atoms with Crippen LogP contribution in [0.15, 0.2) is 36.5 Å². The zero-order valence-electron chi connectivity index (χ0n) is 7.35. The quantitative estimate of drug-likeness (QED) is 0.609. The summed E-state index contributed by atoms with van der Waals surface area (Å²) in [4.78, 5) is 0. The second-order valence-electron chi connectivity index (χ2n) is 2.51. The molecule has 0 radical (unpaired) electrons. The number of aliphatic hydroxyl groups excluding tert-OH is 2. The van der Waals surface area contributed by atoms with E-state index in [1.54, 1.807) is 19.1 Å². The van der Waals surface area contributed by atoms with Crippen molar-refractivity contribution in [3.05, 3.63) is 36.5 Å². The summed E-state index contributed by atoms with van der Waals surface area (Å²) in [5, 5.41) is 17.2. The summed E-state index contributed by atoms with van der Waals surface area (Å²) in [6, 6.07) is 0. The van der Waals surface area contributed by atoms with Crippen molar-refractivity contribution in [1.82, 2.24) is 0 Å². The minimum atomic E-state index is -0.275. The van der Waals surface area contributed by atoms with E-state index in [1.807, 2.05) is 24.3 Å². The van der Waals surface area contributed by atoms with Gasteiger partial charge in [-0.1, -0.05) is 36.5 Å². The lowest BCUT2D eigenvalue weighted by Gasteiger charge is -1.93. The molecular weight excluding hydrogens is 152 g/mol. The van der Waals surface area contributed by atoms with Crippen LogP contribution in [0.4, 0.5) is 0 Å². The monoisotopic (exact) mass is 168 g/mol. The maximum atomic E-state index is 8.87. The molecule has 0 bridgehead atoms. The Morgan fingerprint density at radius 2 is 1.67 bits per heavy atom. The molecule has 68 valence electrons. The molecule has 0 aliphatic heterocycles. The first-order chi connectivity index (χ1) is 5.77. The number of hydrogen-bond donors (Lipinski definition) is 2. The first-order valence-corrected chi connectivity index (χ1v) is 4.04. The van der Waals surface area contributed by atoms with Crippen molar-refractivity contribution in [1.29, 1.82) is 0 Å². The van der Waals surface area contributed by atoms with Gasteiger partial charge in [-0.3, -0.25) is 0 Å². The van der Waals surface area contributed by atoms with Crippen molar-refractivity contribution >= 4 is 0 Å². The molecule has 12 heavy (non-hydrogen) atoms. The van der Waals surface area contributed by atoms with Gasteiger partial charge in [0.1, 0.15) is 0 Å². The third-order valence-corrected chi connectivity index (χ3v) is 1.19. The van der Waals surface area contributed by atoms with Gasteiger partial charge in [-0.05, 0) is 13.3 Å². The van der Waals surface area contributed by atoms with Crippen molar-refractivity contribution in [2.75, 3.05) is 6.61 Å². The van der Waals surface area contributed by atoms with Gasteiger partial charge in [-0.15, -0.1) is 0 Å². The Kier molecular flexibility index (Phi) is 7.65. The molecule has 0 aromatic carbocycles. The summed E-state index contributed by atoms with van der Waals surface area (Å²) >= 11 is 0. The van der Waals surface area contributed by atoms with Crippen molar-refractivity contribution in [2.45, 2.75) is 19.4 Å². The van der Waals surface area contributed by atoms with Gasteiger partial charge in [0.2, 0.25) is 0 Å². The van der Waals surface area contributed by atoms with E-state index in [-0.39, 0.29) is 12.7 Å². The molecule has 2 nitrogen and oxygen atoms in total. The van der Waals surface area contributed by atoms with Crippen LogP contribution >= 0.6 is 0 Å². The number of rotatable bonds is 5. The van der Waals surface area contributed by atoms with Crippen molar-refractivity contribution in [3.8, 4) is 0 Å². The van der Waals surface area contributed by atoms with E-state index in [4.69, 9.17) is 10.2 Å². The first-order valence-electron chi connectivity index (χ1n) is 4.04. The Morgan fingerprint density at radius 3 is 2.17 bits per heavy atom. The highest BCUT2D eigenvalue weighted by Crippen LogP contribution is 1.91. The summed E-state index contributed by atoms with van der Waals surface area (Å²) in [5.74, 6) is 0. The lowest BCUT2D eigenvalue weighted by Crippen LogP contribution is -1.94. The predicted molar refractivity (Wildman–Crippen MR) is 50.8 cm³/mol. The summed E-state index contributed by atoms with van der Waals surface area (Å²) in [6.45, 7) is 1.82. The Bertz CT molecular complexity index is 167. The summed E-state index contributed by atoms with van der Waals surface area (Å²) in [6.07, 6.45) is 11.3. The van der Waals surface area contributed by atoms with Gasteiger partial charge in [-0.2, -0.15) is 0 Å². The average Bonchev–Trinajstić information content (AvgIpc) is 2.02. The number of hydrogen-bond acceptors (Lipinski definition) is 2. The zero-order chi connectivity index (χ0) is 9.23. The standard InChI is InChI=1S/C10H16O2/c1-10(12)8-6-4-2-3-5-7-9-11/h2-7,10-12H,8-9H2,1H3/b3-2+,6-4+,7-5+. The molecule has 1 unspecified atom stereocenters. The van der Waals surface area contributed by atoms with Crippen molar-refractivity contribution < 1.29 is 10.2 Å². The van der Waals surface area contributed by atoms with E-state index in [1.165, 1.54) is 0 Å². The molecule has 0 saturated heterocycles. The molecule has 0 aromatic rings. The predicted octanol–water partition coefficient (Wildman–Crippen LogP) is 1.42.